The molecule has 0 amide bonds. The summed E-state index contributed by atoms with van der Waals surface area (Å²) >= 11 is 0. The van der Waals surface area contributed by atoms with Crippen molar-refractivity contribution < 1.29 is 14.6 Å². The molecule has 1 aromatic rings. The van der Waals surface area contributed by atoms with Gasteiger partial charge in [-0.1, -0.05) is 30.3 Å². The van der Waals surface area contributed by atoms with Crippen LogP contribution in [0, 0.1) is 5.41 Å². The van der Waals surface area contributed by atoms with Gasteiger partial charge in [0, 0.05) is 37.1 Å². The molecule has 5 nitrogen and oxygen atoms in total. The predicted molar refractivity (Wildman–Crippen MR) is 102 cm³/mol. The number of hydrogen-bond donors (Lipinski definition) is 2. The monoisotopic (exact) mass is 360 g/mol. The maximum atomic E-state index is 10.8. The number of benzene rings is 1. The number of carbonyl (C=O) groups is 1. The molecule has 0 spiro atoms. The largest absolute Gasteiger partial charge is 0.481 e. The van der Waals surface area contributed by atoms with Crippen molar-refractivity contribution in [1.29, 1.82) is 0 Å². The van der Waals surface area contributed by atoms with E-state index < -0.39 is 5.97 Å². The van der Waals surface area contributed by atoms with Crippen LogP contribution in [0.25, 0.3) is 0 Å². The minimum absolute atomic E-state index is 0.180. The highest BCUT2D eigenvalue weighted by atomic mass is 16.5. The Morgan fingerprint density at radius 2 is 2.04 bits per heavy atom. The molecule has 5 heteroatoms. The van der Waals surface area contributed by atoms with Crippen molar-refractivity contribution in [3.05, 3.63) is 35.9 Å². The number of likely N-dealkylation sites (tertiary alicyclic amines) is 1. The lowest BCUT2D eigenvalue weighted by atomic mass is 9.78. The zero-order chi connectivity index (χ0) is 18.4. The smallest absolute Gasteiger partial charge is 0.304 e. The zero-order valence-corrected chi connectivity index (χ0v) is 15.8. The Morgan fingerprint density at radius 1 is 1.31 bits per heavy atom. The summed E-state index contributed by atoms with van der Waals surface area (Å²) in [5, 5.41) is 12.7. The third kappa shape index (κ3) is 5.29. The number of ether oxygens (including phenoxy) is 1. The van der Waals surface area contributed by atoms with Crippen LogP contribution in [0.2, 0.25) is 0 Å². The molecule has 0 bridgehead atoms. The van der Waals surface area contributed by atoms with Crippen LogP contribution in [0.3, 0.4) is 0 Å². The minimum Gasteiger partial charge on any atom is -0.481 e. The average molecular weight is 360 g/mol. The SMILES string of the molecule is CCOCC1(CN[C@@H]2CC2c2ccccc2)CCN(CCC(=O)O)CC1. The van der Waals surface area contributed by atoms with Crippen molar-refractivity contribution in [2.24, 2.45) is 5.41 Å². The van der Waals surface area contributed by atoms with E-state index in [2.05, 4.69) is 47.5 Å². The van der Waals surface area contributed by atoms with Gasteiger partial charge in [-0.3, -0.25) is 4.79 Å². The summed E-state index contributed by atoms with van der Waals surface area (Å²) in [6.45, 7) is 7.19. The van der Waals surface area contributed by atoms with Gasteiger partial charge in [0.25, 0.3) is 0 Å². The molecule has 1 saturated heterocycles. The van der Waals surface area contributed by atoms with Gasteiger partial charge < -0.3 is 20.1 Å². The van der Waals surface area contributed by atoms with Gasteiger partial charge in [0.15, 0.2) is 0 Å². The molecule has 2 fully saturated rings. The first kappa shape index (κ1) is 19.3. The van der Waals surface area contributed by atoms with Crippen LogP contribution in [0.4, 0.5) is 0 Å². The number of rotatable bonds is 10. The van der Waals surface area contributed by atoms with E-state index in [-0.39, 0.29) is 11.8 Å². The Bertz CT molecular complexity index is 570. The van der Waals surface area contributed by atoms with E-state index in [1.165, 1.54) is 12.0 Å². The van der Waals surface area contributed by atoms with E-state index >= 15 is 0 Å². The fraction of sp³-hybridized carbons (Fsp3) is 0.667. The topological polar surface area (TPSA) is 61.8 Å². The summed E-state index contributed by atoms with van der Waals surface area (Å²) in [7, 11) is 0. The van der Waals surface area contributed by atoms with Gasteiger partial charge in [0.1, 0.15) is 0 Å². The first-order valence-electron chi connectivity index (χ1n) is 9.92. The Balaban J connectivity index is 1.48. The molecule has 1 unspecified atom stereocenters. The van der Waals surface area contributed by atoms with Crippen LogP contribution >= 0.6 is 0 Å². The summed E-state index contributed by atoms with van der Waals surface area (Å²) in [5.41, 5.74) is 1.62. The first-order chi connectivity index (χ1) is 12.6. The molecule has 0 aromatic heterocycles. The number of piperidine rings is 1. The molecule has 2 N–H and O–H groups in total. The zero-order valence-electron chi connectivity index (χ0n) is 15.8. The highest BCUT2D eigenvalue weighted by Gasteiger charge is 2.41. The van der Waals surface area contributed by atoms with Crippen LogP contribution in [0.1, 0.15) is 44.1 Å². The third-order valence-electron chi connectivity index (χ3n) is 5.93. The lowest BCUT2D eigenvalue weighted by Crippen LogP contribution is -2.48. The third-order valence-corrected chi connectivity index (χ3v) is 5.93. The molecule has 1 saturated carbocycles. The molecule has 2 aliphatic rings. The maximum absolute atomic E-state index is 10.8. The molecule has 1 heterocycles. The van der Waals surface area contributed by atoms with Crippen molar-refractivity contribution in [2.45, 2.75) is 44.6 Å². The molecule has 3 rings (SSSR count). The van der Waals surface area contributed by atoms with E-state index in [1.54, 1.807) is 0 Å². The summed E-state index contributed by atoms with van der Waals surface area (Å²) in [5.74, 6) is -0.0606. The minimum atomic E-state index is -0.710. The van der Waals surface area contributed by atoms with Crippen molar-refractivity contribution in [3.63, 3.8) is 0 Å². The van der Waals surface area contributed by atoms with Crippen molar-refractivity contribution in [2.75, 3.05) is 39.4 Å². The molecule has 144 valence electrons. The Hall–Kier alpha value is -1.43. The van der Waals surface area contributed by atoms with E-state index in [9.17, 15) is 4.79 Å². The standard InChI is InChI=1S/C21H32N2O3/c1-2-26-16-21(9-12-23(13-10-21)11-8-20(24)25)15-22-19-14-18(19)17-6-4-3-5-7-17/h3-7,18-19,22H,2,8-16H2,1H3,(H,24,25)/t18?,19-/m1/s1. The fourth-order valence-corrected chi connectivity index (χ4v) is 4.03. The normalized spacial score (nSPS) is 25.1. The Morgan fingerprint density at radius 3 is 2.69 bits per heavy atom. The summed E-state index contributed by atoms with van der Waals surface area (Å²) < 4.78 is 5.82. The van der Waals surface area contributed by atoms with Crippen molar-refractivity contribution in [3.8, 4) is 0 Å². The predicted octanol–water partition coefficient (Wildman–Crippen LogP) is 2.73. The van der Waals surface area contributed by atoms with Crippen LogP contribution < -0.4 is 5.32 Å². The molecule has 1 aliphatic carbocycles. The van der Waals surface area contributed by atoms with Gasteiger partial charge in [-0.2, -0.15) is 0 Å². The molecule has 26 heavy (non-hydrogen) atoms. The van der Waals surface area contributed by atoms with Gasteiger partial charge in [0.05, 0.1) is 13.0 Å². The molecular formula is C21H32N2O3. The second kappa shape index (κ2) is 8.98. The van der Waals surface area contributed by atoms with Crippen LogP contribution in [-0.4, -0.2) is 61.4 Å². The molecule has 0 radical (unpaired) electrons. The first-order valence-corrected chi connectivity index (χ1v) is 9.92. The summed E-state index contributed by atoms with van der Waals surface area (Å²) in [6.07, 6.45) is 3.60. The lowest BCUT2D eigenvalue weighted by molar-refractivity contribution is -0.137. The summed E-state index contributed by atoms with van der Waals surface area (Å²) in [6, 6.07) is 11.3. The van der Waals surface area contributed by atoms with Gasteiger partial charge in [-0.25, -0.2) is 0 Å². The Kier molecular flexibility index (Phi) is 6.68. The number of hydrogen-bond acceptors (Lipinski definition) is 4. The number of nitrogens with one attached hydrogen (secondary N) is 1. The Labute approximate surface area is 156 Å². The van der Waals surface area contributed by atoms with Crippen LogP contribution in [-0.2, 0) is 9.53 Å². The van der Waals surface area contributed by atoms with E-state index in [0.29, 0.717) is 18.5 Å². The van der Waals surface area contributed by atoms with Gasteiger partial charge in [0.2, 0.25) is 0 Å². The number of carboxylic acid groups (broad SMARTS) is 1. The molecular weight excluding hydrogens is 328 g/mol. The van der Waals surface area contributed by atoms with E-state index in [1.807, 2.05) is 0 Å². The maximum Gasteiger partial charge on any atom is 0.304 e. The number of aliphatic carboxylic acids is 1. The highest BCUT2D eigenvalue weighted by Crippen LogP contribution is 2.41. The van der Waals surface area contributed by atoms with Crippen molar-refractivity contribution in [1.82, 2.24) is 10.2 Å². The van der Waals surface area contributed by atoms with Gasteiger partial charge in [-0.05, 0) is 44.8 Å². The second-order valence-electron chi connectivity index (χ2n) is 7.86. The molecule has 2 atom stereocenters. The lowest BCUT2D eigenvalue weighted by Gasteiger charge is -2.42. The quantitative estimate of drug-likeness (QED) is 0.672. The van der Waals surface area contributed by atoms with Crippen LogP contribution in [0.5, 0.6) is 0 Å². The molecule has 1 aromatic carbocycles. The number of nitrogens with zero attached hydrogens (tertiary/aromatic N) is 1. The van der Waals surface area contributed by atoms with Crippen molar-refractivity contribution >= 4 is 5.97 Å². The van der Waals surface area contributed by atoms with E-state index in [0.717, 1.165) is 45.7 Å². The highest BCUT2D eigenvalue weighted by molar-refractivity contribution is 5.66. The van der Waals surface area contributed by atoms with Crippen LogP contribution in [0.15, 0.2) is 30.3 Å². The van der Waals surface area contributed by atoms with Gasteiger partial charge in [-0.15, -0.1) is 0 Å². The van der Waals surface area contributed by atoms with E-state index in [4.69, 9.17) is 9.84 Å². The fourth-order valence-electron chi connectivity index (χ4n) is 4.03. The average Bonchev–Trinajstić information content (AvgIpc) is 3.45. The molecule has 1 aliphatic heterocycles. The van der Waals surface area contributed by atoms with Gasteiger partial charge >= 0.3 is 5.97 Å². The second-order valence-corrected chi connectivity index (χ2v) is 7.86. The number of carboxylic acids is 1. The summed E-state index contributed by atoms with van der Waals surface area (Å²) in [4.78, 5) is 13.1.